The number of nitrogens with one attached hydrogen (secondary N) is 1. The molecule has 0 bridgehead atoms. The highest BCUT2D eigenvalue weighted by Crippen LogP contribution is 2.18. The second-order valence-corrected chi connectivity index (χ2v) is 5.32. The average molecular weight is 258 g/mol. The van der Waals surface area contributed by atoms with Crippen molar-refractivity contribution in [1.82, 2.24) is 10.2 Å². The van der Waals surface area contributed by atoms with Gasteiger partial charge in [-0.25, -0.2) is 9.59 Å². The molecule has 104 valence electrons. The number of urea groups is 1. The molecule has 1 aliphatic heterocycles. The van der Waals surface area contributed by atoms with Crippen LogP contribution in [0.25, 0.3) is 0 Å². The fourth-order valence-electron chi connectivity index (χ4n) is 1.53. The number of carbonyl (C=O) groups excluding carboxylic acids is 1. The molecular formula is C12H22N2O4. The minimum atomic E-state index is -1.03. The van der Waals surface area contributed by atoms with Crippen molar-refractivity contribution in [3.63, 3.8) is 0 Å². The van der Waals surface area contributed by atoms with Crippen LogP contribution in [0.15, 0.2) is 0 Å². The summed E-state index contributed by atoms with van der Waals surface area (Å²) in [6.07, 6.45) is 0.0532. The zero-order valence-electron chi connectivity index (χ0n) is 11.2. The second-order valence-electron chi connectivity index (χ2n) is 5.32. The SMILES string of the molecule is CCC(C)(C)CNC(=O)N1CCOC(C(=O)O)C1. The van der Waals surface area contributed by atoms with Gasteiger partial charge < -0.3 is 20.1 Å². The predicted molar refractivity (Wildman–Crippen MR) is 66.4 cm³/mol. The molecule has 0 aromatic carbocycles. The third-order valence-corrected chi connectivity index (χ3v) is 3.30. The van der Waals surface area contributed by atoms with Crippen molar-refractivity contribution in [3.8, 4) is 0 Å². The molecule has 1 heterocycles. The summed E-state index contributed by atoms with van der Waals surface area (Å²) in [6.45, 7) is 7.61. The maximum absolute atomic E-state index is 11.9. The summed E-state index contributed by atoms with van der Waals surface area (Å²) in [5.74, 6) is -1.03. The Hall–Kier alpha value is -1.30. The molecule has 1 rings (SSSR count). The molecule has 0 aromatic heterocycles. The van der Waals surface area contributed by atoms with Gasteiger partial charge in [-0.1, -0.05) is 20.8 Å². The summed E-state index contributed by atoms with van der Waals surface area (Å²) >= 11 is 0. The number of carboxylic acid groups (broad SMARTS) is 1. The van der Waals surface area contributed by atoms with E-state index in [0.29, 0.717) is 13.1 Å². The van der Waals surface area contributed by atoms with Crippen LogP contribution in [0.2, 0.25) is 0 Å². The van der Waals surface area contributed by atoms with Crippen molar-refractivity contribution < 1.29 is 19.4 Å². The number of carbonyl (C=O) groups is 2. The van der Waals surface area contributed by atoms with Gasteiger partial charge in [-0.2, -0.15) is 0 Å². The summed E-state index contributed by atoms with van der Waals surface area (Å²) in [5, 5.41) is 11.7. The van der Waals surface area contributed by atoms with Gasteiger partial charge in [0, 0.05) is 13.1 Å². The maximum Gasteiger partial charge on any atom is 0.334 e. The van der Waals surface area contributed by atoms with E-state index in [2.05, 4.69) is 26.1 Å². The number of hydrogen-bond donors (Lipinski definition) is 2. The summed E-state index contributed by atoms with van der Waals surface area (Å²) in [6, 6.07) is -0.217. The van der Waals surface area contributed by atoms with Gasteiger partial charge in [-0.05, 0) is 11.8 Å². The quantitative estimate of drug-likeness (QED) is 0.786. The van der Waals surface area contributed by atoms with Crippen molar-refractivity contribution in [1.29, 1.82) is 0 Å². The van der Waals surface area contributed by atoms with Crippen molar-refractivity contribution >= 4 is 12.0 Å². The average Bonchev–Trinajstić information content (AvgIpc) is 2.36. The van der Waals surface area contributed by atoms with E-state index in [9.17, 15) is 9.59 Å². The Bertz CT molecular complexity index is 317. The molecule has 6 heteroatoms. The molecule has 6 nitrogen and oxygen atoms in total. The van der Waals surface area contributed by atoms with E-state index in [-0.39, 0.29) is 24.6 Å². The third-order valence-electron chi connectivity index (χ3n) is 3.30. The predicted octanol–water partition coefficient (Wildman–Crippen LogP) is 0.918. The van der Waals surface area contributed by atoms with Gasteiger partial charge in [0.15, 0.2) is 6.10 Å². The van der Waals surface area contributed by atoms with Gasteiger partial charge in [0.05, 0.1) is 13.2 Å². The Morgan fingerprint density at radius 3 is 2.72 bits per heavy atom. The molecule has 1 unspecified atom stereocenters. The first-order valence-electron chi connectivity index (χ1n) is 6.23. The molecule has 1 fully saturated rings. The van der Waals surface area contributed by atoms with Crippen LogP contribution in [0.5, 0.6) is 0 Å². The zero-order valence-corrected chi connectivity index (χ0v) is 11.2. The Labute approximate surface area is 107 Å². The van der Waals surface area contributed by atoms with Gasteiger partial charge >= 0.3 is 12.0 Å². The standard InChI is InChI=1S/C12H22N2O4/c1-4-12(2,3)8-13-11(17)14-5-6-18-9(7-14)10(15)16/h9H,4-8H2,1-3H3,(H,13,17)(H,15,16). The lowest BCUT2D eigenvalue weighted by atomic mass is 9.90. The van der Waals surface area contributed by atoms with Gasteiger partial charge in [0.2, 0.25) is 0 Å². The molecule has 18 heavy (non-hydrogen) atoms. The van der Waals surface area contributed by atoms with Crippen LogP contribution in [-0.4, -0.2) is 54.4 Å². The number of nitrogens with zero attached hydrogens (tertiary/aromatic N) is 1. The van der Waals surface area contributed by atoms with Crippen LogP contribution in [0.3, 0.4) is 0 Å². The van der Waals surface area contributed by atoms with Crippen LogP contribution in [0.1, 0.15) is 27.2 Å². The van der Waals surface area contributed by atoms with Gasteiger partial charge in [-0.15, -0.1) is 0 Å². The zero-order chi connectivity index (χ0) is 13.8. The Morgan fingerprint density at radius 2 is 2.17 bits per heavy atom. The molecule has 1 aliphatic rings. The fourth-order valence-corrected chi connectivity index (χ4v) is 1.53. The summed E-state index contributed by atoms with van der Waals surface area (Å²) in [7, 11) is 0. The number of carboxylic acids is 1. The largest absolute Gasteiger partial charge is 0.479 e. The summed E-state index contributed by atoms with van der Waals surface area (Å²) < 4.78 is 5.07. The maximum atomic E-state index is 11.9. The Morgan fingerprint density at radius 1 is 1.50 bits per heavy atom. The van der Waals surface area contributed by atoms with Crippen LogP contribution >= 0.6 is 0 Å². The highest BCUT2D eigenvalue weighted by atomic mass is 16.5. The van der Waals surface area contributed by atoms with Crippen LogP contribution in [0, 0.1) is 5.41 Å². The molecule has 0 aromatic rings. The third kappa shape index (κ3) is 4.18. The number of aliphatic carboxylic acids is 1. The highest BCUT2D eigenvalue weighted by molar-refractivity contribution is 5.77. The molecule has 2 amide bonds. The van der Waals surface area contributed by atoms with Crippen molar-refractivity contribution in [2.75, 3.05) is 26.2 Å². The van der Waals surface area contributed by atoms with E-state index in [4.69, 9.17) is 9.84 Å². The molecule has 0 aliphatic carbocycles. The smallest absolute Gasteiger partial charge is 0.334 e. The minimum absolute atomic E-state index is 0.0497. The number of ether oxygens (including phenoxy) is 1. The first kappa shape index (κ1) is 14.8. The molecule has 0 spiro atoms. The number of rotatable bonds is 4. The van der Waals surface area contributed by atoms with E-state index in [0.717, 1.165) is 6.42 Å². The Kier molecular flexibility index (Phi) is 4.95. The van der Waals surface area contributed by atoms with Gasteiger partial charge in [0.1, 0.15) is 0 Å². The minimum Gasteiger partial charge on any atom is -0.479 e. The monoisotopic (exact) mass is 258 g/mol. The van der Waals surface area contributed by atoms with Gasteiger partial charge in [0.25, 0.3) is 0 Å². The van der Waals surface area contributed by atoms with E-state index < -0.39 is 12.1 Å². The lowest BCUT2D eigenvalue weighted by Gasteiger charge is -2.32. The first-order chi connectivity index (χ1) is 8.35. The number of amides is 2. The fraction of sp³-hybridized carbons (Fsp3) is 0.833. The van der Waals surface area contributed by atoms with Crippen LogP contribution in [0.4, 0.5) is 4.79 Å². The van der Waals surface area contributed by atoms with Crippen LogP contribution in [-0.2, 0) is 9.53 Å². The highest BCUT2D eigenvalue weighted by Gasteiger charge is 2.29. The molecule has 0 saturated carbocycles. The normalized spacial score (nSPS) is 20.6. The summed E-state index contributed by atoms with van der Waals surface area (Å²) in [4.78, 5) is 24.2. The van der Waals surface area contributed by atoms with Crippen molar-refractivity contribution in [2.45, 2.75) is 33.3 Å². The molecular weight excluding hydrogens is 236 g/mol. The van der Waals surface area contributed by atoms with E-state index in [1.54, 1.807) is 0 Å². The second kappa shape index (κ2) is 6.04. The van der Waals surface area contributed by atoms with E-state index in [1.807, 2.05) is 0 Å². The van der Waals surface area contributed by atoms with E-state index >= 15 is 0 Å². The molecule has 2 N–H and O–H groups in total. The number of hydrogen-bond acceptors (Lipinski definition) is 3. The topological polar surface area (TPSA) is 78.9 Å². The first-order valence-corrected chi connectivity index (χ1v) is 6.23. The van der Waals surface area contributed by atoms with Crippen LogP contribution < -0.4 is 5.32 Å². The van der Waals surface area contributed by atoms with Gasteiger partial charge in [-0.3, -0.25) is 0 Å². The van der Waals surface area contributed by atoms with Crippen molar-refractivity contribution in [3.05, 3.63) is 0 Å². The molecule has 1 saturated heterocycles. The van der Waals surface area contributed by atoms with Crippen molar-refractivity contribution in [2.24, 2.45) is 5.41 Å². The molecule has 1 atom stereocenters. The lowest BCUT2D eigenvalue weighted by molar-refractivity contribution is -0.154. The van der Waals surface area contributed by atoms with E-state index in [1.165, 1.54) is 4.90 Å². The lowest BCUT2D eigenvalue weighted by Crippen LogP contribution is -2.52. The molecule has 0 radical (unpaired) electrons. The number of morpholine rings is 1. The summed E-state index contributed by atoms with van der Waals surface area (Å²) in [5.41, 5.74) is 0.0497. The Balaban J connectivity index is 2.44.